The predicted octanol–water partition coefficient (Wildman–Crippen LogP) is 9.34. The van der Waals surface area contributed by atoms with Crippen LogP contribution in [0.3, 0.4) is 0 Å². The van der Waals surface area contributed by atoms with E-state index in [1.54, 1.807) is 23.9 Å². The van der Waals surface area contributed by atoms with Crippen LogP contribution in [0.25, 0.3) is 11.1 Å². The van der Waals surface area contributed by atoms with Gasteiger partial charge in [-0.15, -0.1) is 11.8 Å². The third-order valence-corrected chi connectivity index (χ3v) is 12.2. The molecule has 0 saturated heterocycles. The quantitative estimate of drug-likeness (QED) is 0.0335. The topological polar surface area (TPSA) is 111 Å². The second kappa shape index (κ2) is 19.7. The molecule has 0 aliphatic carbocycles. The number of nitrogens with one attached hydrogen (secondary N) is 1. The van der Waals surface area contributed by atoms with Crippen LogP contribution in [0.5, 0.6) is 0 Å². The van der Waals surface area contributed by atoms with Gasteiger partial charge in [0.15, 0.2) is 0 Å². The summed E-state index contributed by atoms with van der Waals surface area (Å²) in [7, 11) is 1.29. The number of benzene rings is 5. The normalized spacial score (nSPS) is 13.2. The van der Waals surface area contributed by atoms with Crippen LogP contribution in [-0.4, -0.2) is 65.0 Å². The van der Waals surface area contributed by atoms with E-state index in [-0.39, 0.29) is 11.7 Å². The van der Waals surface area contributed by atoms with Crippen molar-refractivity contribution in [1.29, 1.82) is 0 Å². The monoisotopic (exact) mass is 789 g/mol. The largest absolute Gasteiger partial charge is 0.467 e. The number of ether oxygens (including phenoxy) is 2. The van der Waals surface area contributed by atoms with Gasteiger partial charge in [0.05, 0.1) is 11.9 Å². The summed E-state index contributed by atoms with van der Waals surface area (Å²) in [5.41, 5.74) is 4.50. The molecule has 0 heterocycles. The number of methoxy groups -OCH3 is 1. The second-order valence-electron chi connectivity index (χ2n) is 14.4. The molecule has 56 heavy (non-hydrogen) atoms. The predicted molar refractivity (Wildman–Crippen MR) is 229 cm³/mol. The number of nitrogens with two attached hydrogens (primary N) is 1. The summed E-state index contributed by atoms with van der Waals surface area (Å²) < 4.78 is 10.4. The minimum absolute atomic E-state index is 0.182. The van der Waals surface area contributed by atoms with E-state index < -0.39 is 40.4 Å². The van der Waals surface area contributed by atoms with E-state index in [0.717, 1.165) is 27.3 Å². The van der Waals surface area contributed by atoms with Crippen molar-refractivity contribution in [2.24, 2.45) is 5.84 Å². The molecule has 0 saturated carbocycles. The molecule has 0 spiro atoms. The molecule has 8 nitrogen and oxygen atoms in total. The highest BCUT2D eigenvalue weighted by molar-refractivity contribution is 8.00. The number of hydrogen-bond acceptors (Lipinski definition) is 8. The van der Waals surface area contributed by atoms with Crippen molar-refractivity contribution in [3.8, 4) is 11.1 Å². The van der Waals surface area contributed by atoms with Crippen LogP contribution in [0, 0.1) is 0 Å². The van der Waals surface area contributed by atoms with Gasteiger partial charge in [0, 0.05) is 22.6 Å². The summed E-state index contributed by atoms with van der Waals surface area (Å²) in [4.78, 5) is 41.0. The molecule has 0 aliphatic rings. The SMILES string of the molecule is COC(=O)[C@H](CC(C[C@H](CSC(c1ccccc1)(c1ccccc1)c1ccccc1)NC(=O)OC(C)(C)C)SC)N(N)C(=O)c1ccccc1-c1ccccc1. The highest BCUT2D eigenvalue weighted by atomic mass is 32.2. The van der Waals surface area contributed by atoms with Gasteiger partial charge in [0.2, 0.25) is 0 Å². The molecule has 5 aromatic carbocycles. The molecule has 1 unspecified atom stereocenters. The zero-order valence-electron chi connectivity index (χ0n) is 32.6. The summed E-state index contributed by atoms with van der Waals surface area (Å²) in [6.45, 7) is 5.49. The van der Waals surface area contributed by atoms with Gasteiger partial charge in [-0.3, -0.25) is 9.80 Å². The maximum Gasteiger partial charge on any atom is 0.407 e. The first-order valence-corrected chi connectivity index (χ1v) is 20.9. The molecule has 3 atom stereocenters. The number of nitrogens with zero attached hydrogens (tertiary/aromatic N) is 1. The summed E-state index contributed by atoms with van der Waals surface area (Å²) in [6.07, 6.45) is 2.04. The minimum atomic E-state index is -1.10. The third-order valence-electron chi connectivity index (χ3n) is 9.42. The Labute approximate surface area is 339 Å². The van der Waals surface area contributed by atoms with Crippen LogP contribution in [-0.2, 0) is 19.0 Å². The van der Waals surface area contributed by atoms with E-state index in [1.165, 1.54) is 18.9 Å². The van der Waals surface area contributed by atoms with Crippen LogP contribution in [0.1, 0.15) is 60.7 Å². The van der Waals surface area contributed by atoms with Gasteiger partial charge in [0.25, 0.3) is 5.91 Å². The number of rotatable bonds is 16. The summed E-state index contributed by atoms with van der Waals surface area (Å²) in [5, 5.41) is 3.92. The van der Waals surface area contributed by atoms with Gasteiger partial charge in [-0.25, -0.2) is 15.4 Å². The smallest absolute Gasteiger partial charge is 0.407 e. The maximum absolute atomic E-state index is 14.1. The Balaban J connectivity index is 1.47. The number of carbonyl (C=O) groups excluding carboxylic acids is 3. The zero-order valence-corrected chi connectivity index (χ0v) is 34.2. The Morgan fingerprint density at radius 1 is 0.714 bits per heavy atom. The molecule has 292 valence electrons. The lowest BCUT2D eigenvalue weighted by atomic mass is 9.84. The van der Waals surface area contributed by atoms with Gasteiger partial charge in [0.1, 0.15) is 11.6 Å². The number of thioether (sulfide) groups is 2. The molecule has 0 radical (unpaired) electrons. The Morgan fingerprint density at radius 3 is 1.68 bits per heavy atom. The number of carbonyl (C=O) groups is 3. The lowest BCUT2D eigenvalue weighted by Crippen LogP contribution is -2.51. The van der Waals surface area contributed by atoms with Crippen LogP contribution < -0.4 is 11.2 Å². The van der Waals surface area contributed by atoms with Crippen molar-refractivity contribution in [3.63, 3.8) is 0 Å². The number of hydrogen-bond donors (Lipinski definition) is 2. The molecular formula is C46H51N3O5S2. The van der Waals surface area contributed by atoms with Crippen molar-refractivity contribution in [2.45, 2.75) is 61.3 Å². The minimum Gasteiger partial charge on any atom is -0.467 e. The van der Waals surface area contributed by atoms with Crippen molar-refractivity contribution in [2.75, 3.05) is 19.1 Å². The van der Waals surface area contributed by atoms with Crippen LogP contribution >= 0.6 is 23.5 Å². The Bertz CT molecular complexity index is 1910. The van der Waals surface area contributed by atoms with Crippen molar-refractivity contribution in [1.82, 2.24) is 10.3 Å². The highest BCUT2D eigenvalue weighted by Gasteiger charge is 2.39. The third kappa shape index (κ3) is 10.6. The van der Waals surface area contributed by atoms with E-state index >= 15 is 0 Å². The second-order valence-corrected chi connectivity index (χ2v) is 16.8. The summed E-state index contributed by atoms with van der Waals surface area (Å²) >= 11 is 3.27. The molecular weight excluding hydrogens is 739 g/mol. The molecule has 10 heteroatoms. The van der Waals surface area contributed by atoms with E-state index in [2.05, 4.69) is 41.7 Å². The first-order chi connectivity index (χ1) is 27.0. The first kappa shape index (κ1) is 42.1. The van der Waals surface area contributed by atoms with E-state index in [9.17, 15) is 14.4 Å². The number of amides is 2. The van der Waals surface area contributed by atoms with Gasteiger partial charge in [-0.1, -0.05) is 140 Å². The van der Waals surface area contributed by atoms with Gasteiger partial charge in [-0.05, 0) is 73.8 Å². The average molecular weight is 790 g/mol. The fraction of sp³-hybridized carbons (Fsp3) is 0.283. The zero-order chi connectivity index (χ0) is 40.1. The molecule has 0 bridgehead atoms. The van der Waals surface area contributed by atoms with Gasteiger partial charge >= 0.3 is 12.1 Å². The first-order valence-electron chi connectivity index (χ1n) is 18.6. The van der Waals surface area contributed by atoms with Crippen molar-refractivity contribution < 1.29 is 23.9 Å². The van der Waals surface area contributed by atoms with Crippen LogP contribution in [0.15, 0.2) is 146 Å². The lowest BCUT2D eigenvalue weighted by molar-refractivity contribution is -0.146. The Morgan fingerprint density at radius 2 is 1.20 bits per heavy atom. The highest BCUT2D eigenvalue weighted by Crippen LogP contribution is 2.49. The molecule has 0 fully saturated rings. The fourth-order valence-corrected chi connectivity index (χ4v) is 9.15. The van der Waals surface area contributed by atoms with E-state index in [4.69, 9.17) is 15.3 Å². The van der Waals surface area contributed by atoms with Gasteiger partial charge < -0.3 is 14.8 Å². The summed E-state index contributed by atoms with van der Waals surface area (Å²) in [5.74, 6) is 5.94. The van der Waals surface area contributed by atoms with Crippen LogP contribution in [0.4, 0.5) is 4.79 Å². The lowest BCUT2D eigenvalue weighted by Gasteiger charge is -2.37. The number of hydrazine groups is 1. The van der Waals surface area contributed by atoms with Crippen LogP contribution in [0.2, 0.25) is 0 Å². The average Bonchev–Trinajstić information content (AvgIpc) is 3.22. The molecule has 0 aliphatic heterocycles. The fourth-order valence-electron chi connectivity index (χ4n) is 6.77. The van der Waals surface area contributed by atoms with Crippen molar-refractivity contribution >= 4 is 41.5 Å². The Kier molecular flexibility index (Phi) is 14.8. The standard InChI is InChI=1S/C46H51N3O5S2/c1-45(2,3)54-44(52)48-37(32-56-46(34-22-12-7-13-23-34,35-24-14-8-15-25-35)36-26-16-9-17-27-36)30-38(55-5)31-41(43(51)53-4)49(47)42(50)40-29-19-18-28-39(40)33-20-10-6-11-21-33/h6-29,37-38,41H,30-32,47H2,1-5H3,(H,48,52)/t37-,38?,41+/m1/s1. The molecule has 0 aromatic heterocycles. The number of alkyl carbamates (subject to hydrolysis) is 1. The molecule has 3 N–H and O–H groups in total. The van der Waals surface area contributed by atoms with Gasteiger partial charge in [-0.2, -0.15) is 11.8 Å². The molecule has 2 amide bonds. The molecule has 5 aromatic rings. The Hall–Kier alpha value is -5.03. The molecule has 5 rings (SSSR count). The van der Waals surface area contributed by atoms with Crippen molar-refractivity contribution in [3.05, 3.63) is 168 Å². The number of esters is 1. The summed E-state index contributed by atoms with van der Waals surface area (Å²) in [6, 6.07) is 46.4. The van der Waals surface area contributed by atoms with E-state index in [0.29, 0.717) is 23.3 Å². The van der Waals surface area contributed by atoms with E-state index in [1.807, 2.05) is 124 Å². The maximum atomic E-state index is 14.1.